The van der Waals surface area contributed by atoms with Crippen molar-refractivity contribution in [3.8, 4) is 22.6 Å². The molecule has 0 saturated carbocycles. The molecule has 0 unspecified atom stereocenters. The van der Waals surface area contributed by atoms with Crippen molar-refractivity contribution in [1.82, 2.24) is 4.90 Å². The number of fused-ring (bicyclic) bond motifs is 4. The maximum absolute atomic E-state index is 12.9. The Kier molecular flexibility index (Phi) is 5.51. The summed E-state index contributed by atoms with van der Waals surface area (Å²) < 4.78 is 22.4. The molecule has 2 aromatic heterocycles. The molecule has 0 aliphatic carbocycles. The highest BCUT2D eigenvalue weighted by Crippen LogP contribution is 2.36. The number of nitrogens with zero attached hydrogens (tertiary/aromatic N) is 1. The van der Waals surface area contributed by atoms with Gasteiger partial charge in [0, 0.05) is 40.5 Å². The van der Waals surface area contributed by atoms with Crippen molar-refractivity contribution in [2.24, 2.45) is 0 Å². The lowest BCUT2D eigenvalue weighted by Crippen LogP contribution is -2.31. The predicted octanol–water partition coefficient (Wildman–Crippen LogP) is 5.58. The maximum atomic E-state index is 12.9. The van der Waals surface area contributed by atoms with Gasteiger partial charge in [0.05, 0.1) is 18.2 Å². The minimum absolute atomic E-state index is 0.259. The van der Waals surface area contributed by atoms with Crippen molar-refractivity contribution in [2.75, 3.05) is 13.8 Å². The second-order valence-corrected chi connectivity index (χ2v) is 9.07. The fraction of sp³-hybridized carbons (Fsp3) is 0.143. The third-order valence-corrected chi connectivity index (χ3v) is 6.54. The number of benzene rings is 3. The molecule has 0 bridgehead atoms. The van der Waals surface area contributed by atoms with Gasteiger partial charge in [0.1, 0.15) is 29.4 Å². The molecule has 0 saturated heterocycles. The molecular weight excluding hydrogens is 482 g/mol. The molecule has 0 spiro atoms. The van der Waals surface area contributed by atoms with Crippen LogP contribution in [0.25, 0.3) is 33.1 Å². The zero-order valence-electron chi connectivity index (χ0n) is 19.2. The Labute approximate surface area is 210 Å². The standard InChI is InChI=1S/C28H20ClNO6/c1-33-19-5-2-16(3-6-19)13-30-14-23-25(34-15-30)9-7-20-21(12-26(31)36-27(20)23)22-11-17-10-18(29)4-8-24(17)35-28(22)32/h2-12H,13-15H2,1H3. The largest absolute Gasteiger partial charge is 0.497 e. The Morgan fingerprint density at radius 2 is 1.78 bits per heavy atom. The van der Waals surface area contributed by atoms with Gasteiger partial charge in [-0.1, -0.05) is 23.7 Å². The van der Waals surface area contributed by atoms with Crippen LogP contribution in [0.4, 0.5) is 0 Å². The van der Waals surface area contributed by atoms with Crippen molar-refractivity contribution >= 4 is 33.5 Å². The summed E-state index contributed by atoms with van der Waals surface area (Å²) in [6, 6.07) is 19.5. The molecule has 36 heavy (non-hydrogen) atoms. The second-order valence-electron chi connectivity index (χ2n) is 8.64. The topological polar surface area (TPSA) is 82.1 Å². The zero-order chi connectivity index (χ0) is 24.8. The lowest BCUT2D eigenvalue weighted by atomic mass is 9.99. The molecule has 1 aliphatic rings. The molecule has 3 aromatic carbocycles. The van der Waals surface area contributed by atoms with Crippen molar-refractivity contribution in [1.29, 1.82) is 0 Å². The SMILES string of the molecule is COc1ccc(CN2COc3ccc4c(-c5cc6cc(Cl)ccc6oc5=O)cc(=O)oc4c3C2)cc1. The van der Waals surface area contributed by atoms with Crippen LogP contribution in [0.15, 0.2) is 85.2 Å². The van der Waals surface area contributed by atoms with E-state index in [0.717, 1.165) is 16.9 Å². The van der Waals surface area contributed by atoms with E-state index < -0.39 is 11.3 Å². The van der Waals surface area contributed by atoms with E-state index in [1.807, 2.05) is 30.3 Å². The van der Waals surface area contributed by atoms with Crippen LogP contribution in [-0.2, 0) is 13.1 Å². The lowest BCUT2D eigenvalue weighted by Gasteiger charge is -2.29. The summed E-state index contributed by atoms with van der Waals surface area (Å²) in [6.45, 7) is 1.54. The van der Waals surface area contributed by atoms with Crippen LogP contribution in [0, 0.1) is 0 Å². The molecule has 5 aromatic rings. The van der Waals surface area contributed by atoms with Crippen molar-refractivity contribution < 1.29 is 18.3 Å². The van der Waals surface area contributed by atoms with Gasteiger partial charge in [0.15, 0.2) is 0 Å². The predicted molar refractivity (Wildman–Crippen MR) is 137 cm³/mol. The third kappa shape index (κ3) is 4.02. The number of methoxy groups -OCH3 is 1. The normalized spacial score (nSPS) is 13.5. The summed E-state index contributed by atoms with van der Waals surface area (Å²) in [6.07, 6.45) is 0. The van der Waals surface area contributed by atoms with E-state index >= 15 is 0 Å². The van der Waals surface area contributed by atoms with E-state index in [-0.39, 0.29) is 5.56 Å². The van der Waals surface area contributed by atoms with E-state index in [9.17, 15) is 9.59 Å². The fourth-order valence-corrected chi connectivity index (χ4v) is 4.76. The Balaban J connectivity index is 1.44. The van der Waals surface area contributed by atoms with Crippen LogP contribution in [0.3, 0.4) is 0 Å². The number of ether oxygens (including phenoxy) is 2. The summed E-state index contributed by atoms with van der Waals surface area (Å²) in [7, 11) is 1.63. The Hall–Kier alpha value is -4.07. The van der Waals surface area contributed by atoms with Crippen molar-refractivity contribution in [3.05, 3.63) is 104 Å². The summed E-state index contributed by atoms with van der Waals surface area (Å²) in [4.78, 5) is 27.6. The van der Waals surface area contributed by atoms with Crippen molar-refractivity contribution in [3.63, 3.8) is 0 Å². The monoisotopic (exact) mass is 501 g/mol. The van der Waals surface area contributed by atoms with E-state index in [0.29, 0.717) is 58.1 Å². The van der Waals surface area contributed by atoms with Crippen LogP contribution >= 0.6 is 11.6 Å². The van der Waals surface area contributed by atoms with Gasteiger partial charge in [0.2, 0.25) is 0 Å². The molecule has 0 N–H and O–H groups in total. The van der Waals surface area contributed by atoms with Gasteiger partial charge < -0.3 is 18.3 Å². The molecule has 8 heteroatoms. The Morgan fingerprint density at radius 1 is 0.944 bits per heavy atom. The molecule has 7 nitrogen and oxygen atoms in total. The average molecular weight is 502 g/mol. The quantitative estimate of drug-likeness (QED) is 0.297. The number of hydrogen-bond acceptors (Lipinski definition) is 7. The highest BCUT2D eigenvalue weighted by atomic mass is 35.5. The van der Waals surface area contributed by atoms with Crippen LogP contribution in [0.2, 0.25) is 5.02 Å². The first-order valence-electron chi connectivity index (χ1n) is 11.3. The van der Waals surface area contributed by atoms with Crippen LogP contribution < -0.4 is 20.7 Å². The smallest absolute Gasteiger partial charge is 0.344 e. The van der Waals surface area contributed by atoms with Crippen LogP contribution in [-0.4, -0.2) is 18.7 Å². The summed E-state index contributed by atoms with van der Waals surface area (Å²) in [5.74, 6) is 1.44. The Bertz CT molecular complexity index is 1740. The van der Waals surface area contributed by atoms with Crippen molar-refractivity contribution in [2.45, 2.75) is 13.1 Å². The van der Waals surface area contributed by atoms with E-state index in [4.69, 9.17) is 29.9 Å². The first kappa shape index (κ1) is 22.4. The van der Waals surface area contributed by atoms with E-state index in [1.54, 1.807) is 37.4 Å². The zero-order valence-corrected chi connectivity index (χ0v) is 20.0. The number of hydrogen-bond donors (Lipinski definition) is 0. The van der Waals surface area contributed by atoms with Gasteiger partial charge in [-0.15, -0.1) is 0 Å². The van der Waals surface area contributed by atoms with Gasteiger partial charge >= 0.3 is 11.3 Å². The van der Waals surface area contributed by atoms with E-state index in [1.165, 1.54) is 6.07 Å². The number of halogens is 1. The summed E-state index contributed by atoms with van der Waals surface area (Å²) >= 11 is 6.13. The summed E-state index contributed by atoms with van der Waals surface area (Å²) in [5, 5.41) is 1.80. The van der Waals surface area contributed by atoms with Gasteiger partial charge in [0.25, 0.3) is 0 Å². The van der Waals surface area contributed by atoms with Gasteiger partial charge in [-0.25, -0.2) is 9.59 Å². The fourth-order valence-electron chi connectivity index (χ4n) is 4.57. The molecular formula is C28H20ClNO6. The molecule has 6 rings (SSSR count). The second kappa shape index (κ2) is 8.86. The van der Waals surface area contributed by atoms with Crippen LogP contribution in [0.1, 0.15) is 11.1 Å². The molecule has 0 atom stereocenters. The average Bonchev–Trinajstić information content (AvgIpc) is 2.88. The molecule has 0 amide bonds. The maximum Gasteiger partial charge on any atom is 0.344 e. The highest BCUT2D eigenvalue weighted by molar-refractivity contribution is 6.31. The first-order valence-corrected chi connectivity index (χ1v) is 11.7. The highest BCUT2D eigenvalue weighted by Gasteiger charge is 2.24. The first-order chi connectivity index (χ1) is 17.5. The van der Waals surface area contributed by atoms with Crippen LogP contribution in [0.5, 0.6) is 11.5 Å². The molecule has 180 valence electrons. The molecule has 0 fully saturated rings. The lowest BCUT2D eigenvalue weighted by molar-refractivity contribution is 0.0889. The third-order valence-electron chi connectivity index (χ3n) is 6.31. The van der Waals surface area contributed by atoms with Gasteiger partial charge in [-0.3, -0.25) is 4.90 Å². The Morgan fingerprint density at radius 3 is 2.58 bits per heavy atom. The number of rotatable bonds is 4. The van der Waals surface area contributed by atoms with Gasteiger partial charge in [-0.2, -0.15) is 0 Å². The minimum Gasteiger partial charge on any atom is -0.497 e. The minimum atomic E-state index is -0.566. The molecule has 0 radical (unpaired) electrons. The van der Waals surface area contributed by atoms with E-state index in [2.05, 4.69) is 4.90 Å². The molecule has 3 heterocycles. The van der Waals surface area contributed by atoms with Gasteiger partial charge in [-0.05, 0) is 54.1 Å². The molecule has 1 aliphatic heterocycles. The summed E-state index contributed by atoms with van der Waals surface area (Å²) in [5.41, 5.74) is 2.23.